The predicted molar refractivity (Wildman–Crippen MR) is 133 cm³/mol. The number of fused-ring (bicyclic) bond motifs is 1. The maximum Gasteiger partial charge on any atom is 0.318 e. The maximum atomic E-state index is 12.9. The Balaban J connectivity index is 1.62. The van der Waals surface area contributed by atoms with Gasteiger partial charge in [0, 0.05) is 31.0 Å². The molecule has 2 atom stereocenters. The molecule has 0 bridgehead atoms. The van der Waals surface area contributed by atoms with Gasteiger partial charge >= 0.3 is 12.0 Å². The van der Waals surface area contributed by atoms with E-state index in [-0.39, 0.29) is 23.3 Å². The normalized spacial score (nSPS) is 19.0. The van der Waals surface area contributed by atoms with E-state index < -0.39 is 11.9 Å². The summed E-state index contributed by atoms with van der Waals surface area (Å²) in [7, 11) is 1.65. The average Bonchev–Trinajstić information content (AvgIpc) is 3.62. The minimum atomic E-state index is -0.885. The number of hydrogen-bond donors (Lipinski definition) is 2. The van der Waals surface area contributed by atoms with Crippen LogP contribution in [0.15, 0.2) is 36.4 Å². The van der Waals surface area contributed by atoms with Crippen molar-refractivity contribution in [1.82, 2.24) is 10.2 Å². The highest BCUT2D eigenvalue weighted by Crippen LogP contribution is 2.41. The Morgan fingerprint density at radius 3 is 2.54 bits per heavy atom. The molecule has 1 fully saturated rings. The molecular weight excluding hydrogens is 444 g/mol. The Morgan fingerprint density at radius 1 is 1.11 bits per heavy atom. The number of aryl methyl sites for hydroxylation is 1. The second-order valence-electron chi connectivity index (χ2n) is 10.6. The lowest BCUT2D eigenvalue weighted by Gasteiger charge is -2.34. The van der Waals surface area contributed by atoms with Crippen molar-refractivity contribution in [3.63, 3.8) is 0 Å². The fraction of sp³-hybridized carbons (Fsp3) is 0.464. The van der Waals surface area contributed by atoms with Crippen molar-refractivity contribution in [1.29, 1.82) is 0 Å². The summed E-state index contributed by atoms with van der Waals surface area (Å²) in [4.78, 5) is 38.5. The van der Waals surface area contributed by atoms with Crippen LogP contribution in [0.1, 0.15) is 50.3 Å². The Kier molecular flexibility index (Phi) is 6.88. The van der Waals surface area contributed by atoms with Gasteiger partial charge in [-0.15, -0.1) is 0 Å². The summed E-state index contributed by atoms with van der Waals surface area (Å²) in [5.74, 6) is -0.966. The van der Waals surface area contributed by atoms with Gasteiger partial charge in [0.2, 0.25) is 0 Å². The number of ether oxygens (including phenoxy) is 1. The van der Waals surface area contributed by atoms with E-state index in [1.165, 1.54) is 5.56 Å². The molecule has 2 N–H and O–H groups in total. The SMILES string of the molecule is COc1cccc(-c2ccc(CCC(=O)[C@H]3C[C@@H]3C(=O)O)c3c2CCN(C(=O)NC(C)(C)C)C3)c1. The van der Waals surface area contributed by atoms with Gasteiger partial charge in [-0.25, -0.2) is 4.79 Å². The molecule has 7 nitrogen and oxygen atoms in total. The molecule has 4 rings (SSSR count). The summed E-state index contributed by atoms with van der Waals surface area (Å²) < 4.78 is 5.42. The lowest BCUT2D eigenvalue weighted by atomic mass is 9.86. The third-order valence-electron chi connectivity index (χ3n) is 6.82. The van der Waals surface area contributed by atoms with Crippen LogP contribution in [0, 0.1) is 11.8 Å². The number of aliphatic carboxylic acids is 1. The number of carboxylic acid groups (broad SMARTS) is 1. The lowest BCUT2D eigenvalue weighted by molar-refractivity contribution is -0.140. The van der Waals surface area contributed by atoms with Gasteiger partial charge in [0.05, 0.1) is 13.0 Å². The highest BCUT2D eigenvalue weighted by atomic mass is 16.5. The number of ketones is 1. The number of nitrogens with one attached hydrogen (secondary N) is 1. The number of methoxy groups -OCH3 is 1. The van der Waals surface area contributed by atoms with E-state index in [0.717, 1.165) is 28.0 Å². The van der Waals surface area contributed by atoms with Crippen molar-refractivity contribution in [3.05, 3.63) is 53.1 Å². The number of urea groups is 1. The zero-order valence-electron chi connectivity index (χ0n) is 20.9. The first kappa shape index (κ1) is 24.8. The third kappa shape index (κ3) is 5.66. The third-order valence-corrected chi connectivity index (χ3v) is 6.82. The molecule has 0 spiro atoms. The standard InChI is InChI=1S/C28H34N2O5/c1-28(2,3)29-27(34)30-13-12-21-20(18-6-5-7-19(14-18)35-4)10-8-17(24(21)16-30)9-11-25(31)22-15-23(22)26(32)33/h5-8,10,14,22-23H,9,11-13,15-16H2,1-4H3,(H,29,34)(H,32,33)/t22-,23-/m0/s1. The Bertz CT molecular complexity index is 1150. The first-order valence-corrected chi connectivity index (χ1v) is 12.2. The van der Waals surface area contributed by atoms with Crippen LogP contribution in [0.4, 0.5) is 4.79 Å². The van der Waals surface area contributed by atoms with Gasteiger partial charge in [-0.05, 0) is 80.0 Å². The maximum absolute atomic E-state index is 12.9. The molecule has 2 amide bonds. The highest BCUT2D eigenvalue weighted by Gasteiger charge is 2.47. The molecule has 0 saturated heterocycles. The van der Waals surface area contributed by atoms with Crippen LogP contribution >= 0.6 is 0 Å². The molecule has 1 aliphatic carbocycles. The van der Waals surface area contributed by atoms with Gasteiger partial charge in [0.1, 0.15) is 11.5 Å². The van der Waals surface area contributed by atoms with Gasteiger partial charge in [-0.2, -0.15) is 0 Å². The fourth-order valence-electron chi connectivity index (χ4n) is 4.88. The summed E-state index contributed by atoms with van der Waals surface area (Å²) >= 11 is 0. The first-order chi connectivity index (χ1) is 16.6. The second-order valence-corrected chi connectivity index (χ2v) is 10.6. The number of Topliss-reactive ketones (excluding diaryl/α,β-unsaturated/α-hetero) is 1. The van der Waals surface area contributed by atoms with E-state index in [1.807, 2.05) is 49.9 Å². The number of hydrogen-bond acceptors (Lipinski definition) is 4. The summed E-state index contributed by atoms with van der Waals surface area (Å²) in [6, 6.07) is 12.0. The van der Waals surface area contributed by atoms with E-state index in [9.17, 15) is 14.4 Å². The van der Waals surface area contributed by atoms with Gasteiger partial charge in [-0.3, -0.25) is 9.59 Å². The van der Waals surface area contributed by atoms with Gasteiger partial charge in [0.15, 0.2) is 0 Å². The van der Waals surface area contributed by atoms with Crippen molar-refractivity contribution in [3.8, 4) is 16.9 Å². The smallest absolute Gasteiger partial charge is 0.318 e. The number of carboxylic acids is 1. The molecular formula is C28H34N2O5. The molecule has 2 aromatic carbocycles. The van der Waals surface area contributed by atoms with Gasteiger partial charge < -0.3 is 20.1 Å². The molecule has 2 aliphatic rings. The number of carbonyl (C=O) groups excluding carboxylic acids is 2. The van der Waals surface area contributed by atoms with Crippen molar-refractivity contribution in [2.45, 2.75) is 58.5 Å². The van der Waals surface area contributed by atoms with Gasteiger partial charge in [-0.1, -0.05) is 24.3 Å². The topological polar surface area (TPSA) is 95.9 Å². The largest absolute Gasteiger partial charge is 0.497 e. The number of nitrogens with zero attached hydrogens (tertiary/aromatic N) is 1. The quantitative estimate of drug-likeness (QED) is 0.613. The summed E-state index contributed by atoms with van der Waals surface area (Å²) in [5, 5.41) is 12.2. The zero-order valence-corrected chi connectivity index (χ0v) is 20.9. The lowest BCUT2D eigenvalue weighted by Crippen LogP contribution is -2.50. The number of rotatable bonds is 7. The molecule has 1 saturated carbocycles. The minimum absolute atomic E-state index is 0.0150. The van der Waals surface area contributed by atoms with E-state index in [4.69, 9.17) is 9.84 Å². The van der Waals surface area contributed by atoms with Crippen molar-refractivity contribution in [2.24, 2.45) is 11.8 Å². The van der Waals surface area contributed by atoms with E-state index in [0.29, 0.717) is 38.8 Å². The average molecular weight is 479 g/mol. The van der Waals surface area contributed by atoms with Crippen LogP contribution in [0.2, 0.25) is 0 Å². The summed E-state index contributed by atoms with van der Waals surface area (Å²) in [6.07, 6.45) is 2.01. The number of benzene rings is 2. The van der Waals surface area contributed by atoms with E-state index >= 15 is 0 Å². The number of carbonyl (C=O) groups is 3. The summed E-state index contributed by atoms with van der Waals surface area (Å²) in [6.45, 7) is 6.96. The second kappa shape index (κ2) is 9.72. The van der Waals surface area contributed by atoms with E-state index in [1.54, 1.807) is 7.11 Å². The Labute approximate surface area is 206 Å². The van der Waals surface area contributed by atoms with Crippen molar-refractivity contribution in [2.75, 3.05) is 13.7 Å². The monoisotopic (exact) mass is 478 g/mol. The Hall–Kier alpha value is -3.35. The van der Waals surface area contributed by atoms with Gasteiger partial charge in [0.25, 0.3) is 0 Å². The molecule has 0 radical (unpaired) electrons. The summed E-state index contributed by atoms with van der Waals surface area (Å²) in [5.41, 5.74) is 5.15. The molecule has 0 unspecified atom stereocenters. The minimum Gasteiger partial charge on any atom is -0.497 e. The van der Waals surface area contributed by atoms with Crippen molar-refractivity contribution >= 4 is 17.8 Å². The Morgan fingerprint density at radius 2 is 1.89 bits per heavy atom. The number of amides is 2. The van der Waals surface area contributed by atoms with E-state index in [2.05, 4.69) is 17.4 Å². The molecule has 7 heteroatoms. The molecule has 35 heavy (non-hydrogen) atoms. The zero-order chi connectivity index (χ0) is 25.3. The molecule has 1 aliphatic heterocycles. The van der Waals surface area contributed by atoms with Crippen LogP contribution in [-0.4, -0.2) is 47.0 Å². The van der Waals surface area contributed by atoms with Crippen LogP contribution in [0.3, 0.4) is 0 Å². The fourth-order valence-corrected chi connectivity index (χ4v) is 4.88. The molecule has 186 valence electrons. The molecule has 2 aromatic rings. The molecule has 0 aromatic heterocycles. The first-order valence-electron chi connectivity index (χ1n) is 12.2. The van der Waals surface area contributed by atoms with Crippen LogP contribution in [-0.2, 0) is 29.0 Å². The predicted octanol–water partition coefficient (Wildman–Crippen LogP) is 4.45. The van der Waals surface area contributed by atoms with Crippen LogP contribution < -0.4 is 10.1 Å². The van der Waals surface area contributed by atoms with Crippen LogP contribution in [0.5, 0.6) is 5.75 Å². The molecule has 1 heterocycles. The van der Waals surface area contributed by atoms with Crippen LogP contribution in [0.25, 0.3) is 11.1 Å². The highest BCUT2D eigenvalue weighted by molar-refractivity contribution is 5.91. The van der Waals surface area contributed by atoms with Crippen molar-refractivity contribution < 1.29 is 24.2 Å².